The van der Waals surface area contributed by atoms with Gasteiger partial charge in [0.25, 0.3) is 11.1 Å². The Morgan fingerprint density at radius 2 is 1.77 bits per heavy atom. The van der Waals surface area contributed by atoms with Gasteiger partial charge in [0.15, 0.2) is 11.5 Å². The molecule has 3 aromatic rings. The number of imide groups is 1. The number of thioether (sulfide) groups is 1. The van der Waals surface area contributed by atoms with Crippen molar-refractivity contribution >= 4 is 52.2 Å². The second-order valence-corrected chi connectivity index (χ2v) is 9.36. The lowest BCUT2D eigenvalue weighted by Gasteiger charge is -2.14. The molecule has 0 saturated carbocycles. The van der Waals surface area contributed by atoms with Crippen LogP contribution in [0.2, 0.25) is 10.0 Å². The number of amides is 2. The van der Waals surface area contributed by atoms with Gasteiger partial charge in [0.1, 0.15) is 12.4 Å². The van der Waals surface area contributed by atoms with Crippen molar-refractivity contribution in [2.75, 3.05) is 6.61 Å². The molecule has 1 aliphatic rings. The van der Waals surface area contributed by atoms with E-state index in [9.17, 15) is 14.0 Å². The molecule has 0 aromatic heterocycles. The van der Waals surface area contributed by atoms with Crippen molar-refractivity contribution in [1.82, 2.24) is 4.90 Å². The lowest BCUT2D eigenvalue weighted by Crippen LogP contribution is -2.27. The van der Waals surface area contributed by atoms with Crippen molar-refractivity contribution < 1.29 is 23.5 Å². The molecule has 35 heavy (non-hydrogen) atoms. The second kappa shape index (κ2) is 11.2. The van der Waals surface area contributed by atoms with Gasteiger partial charge in [-0.15, -0.1) is 0 Å². The molecule has 0 radical (unpaired) electrons. The summed E-state index contributed by atoms with van der Waals surface area (Å²) in [5, 5.41) is 0.508. The van der Waals surface area contributed by atoms with E-state index in [4.69, 9.17) is 32.7 Å². The molecule has 1 fully saturated rings. The van der Waals surface area contributed by atoms with Crippen molar-refractivity contribution in [3.8, 4) is 11.5 Å². The quantitative estimate of drug-likeness (QED) is 0.284. The minimum atomic E-state index is -0.457. The summed E-state index contributed by atoms with van der Waals surface area (Å²) in [6.07, 6.45) is 1.63. The Bertz CT molecular complexity index is 1280. The number of benzene rings is 3. The molecule has 0 atom stereocenters. The Hall–Kier alpha value is -3.00. The maximum atomic E-state index is 14.1. The highest BCUT2D eigenvalue weighted by Gasteiger charge is 2.35. The van der Waals surface area contributed by atoms with Crippen LogP contribution in [0.1, 0.15) is 23.6 Å². The summed E-state index contributed by atoms with van der Waals surface area (Å²) in [4.78, 5) is 26.8. The Labute approximate surface area is 216 Å². The summed E-state index contributed by atoms with van der Waals surface area (Å²) in [6, 6.07) is 16.5. The molecular weight excluding hydrogens is 512 g/mol. The minimum absolute atomic E-state index is 0.0749. The first-order valence-corrected chi connectivity index (χ1v) is 12.2. The van der Waals surface area contributed by atoms with Crippen LogP contribution in [0.15, 0.2) is 65.6 Å². The SMILES string of the molecule is CCOc1cc(/C=C2\SC(=O)N(Cc3ccc(Cl)cc3)C2=O)ccc1OCc1c(F)cccc1Cl. The Balaban J connectivity index is 1.52. The molecule has 9 heteroatoms. The van der Waals surface area contributed by atoms with Crippen molar-refractivity contribution in [2.45, 2.75) is 20.1 Å². The molecule has 1 heterocycles. The fourth-order valence-electron chi connectivity index (χ4n) is 3.38. The van der Waals surface area contributed by atoms with E-state index in [-0.39, 0.29) is 34.9 Å². The molecule has 0 spiro atoms. The van der Waals surface area contributed by atoms with Crippen LogP contribution < -0.4 is 9.47 Å². The third-order valence-corrected chi connectivity index (χ3v) is 6.64. The summed E-state index contributed by atoms with van der Waals surface area (Å²) in [6.45, 7) is 2.29. The second-order valence-electron chi connectivity index (χ2n) is 7.52. The fraction of sp³-hybridized carbons (Fsp3) is 0.154. The monoisotopic (exact) mass is 531 g/mol. The zero-order valence-corrected chi connectivity index (χ0v) is 20.9. The maximum Gasteiger partial charge on any atom is 0.293 e. The van der Waals surface area contributed by atoms with Gasteiger partial charge in [-0.25, -0.2) is 4.39 Å². The Kier molecular flexibility index (Phi) is 8.00. The molecular formula is C26H20Cl2FNO4S. The molecule has 0 bridgehead atoms. The highest BCUT2D eigenvalue weighted by atomic mass is 35.5. The van der Waals surface area contributed by atoms with E-state index >= 15 is 0 Å². The number of hydrogen-bond donors (Lipinski definition) is 0. The summed E-state index contributed by atoms with van der Waals surface area (Å²) < 4.78 is 25.5. The van der Waals surface area contributed by atoms with Crippen LogP contribution in [0.3, 0.4) is 0 Å². The molecule has 1 aliphatic heterocycles. The smallest absolute Gasteiger partial charge is 0.293 e. The van der Waals surface area contributed by atoms with Crippen molar-refractivity contribution in [1.29, 1.82) is 0 Å². The van der Waals surface area contributed by atoms with Gasteiger partial charge in [0.2, 0.25) is 0 Å². The van der Waals surface area contributed by atoms with Crippen molar-refractivity contribution in [3.63, 3.8) is 0 Å². The average molecular weight is 532 g/mol. The number of ether oxygens (including phenoxy) is 2. The predicted octanol–water partition coefficient (Wildman–Crippen LogP) is 7.35. The van der Waals surface area contributed by atoms with Gasteiger partial charge in [-0.2, -0.15) is 0 Å². The van der Waals surface area contributed by atoms with Gasteiger partial charge >= 0.3 is 0 Å². The van der Waals surface area contributed by atoms with E-state index in [2.05, 4.69) is 0 Å². The third kappa shape index (κ3) is 5.99. The van der Waals surface area contributed by atoms with Crippen LogP contribution in [0.4, 0.5) is 9.18 Å². The number of carbonyl (C=O) groups is 2. The molecule has 5 nitrogen and oxygen atoms in total. The van der Waals surface area contributed by atoms with Crippen LogP contribution in [0, 0.1) is 5.82 Å². The molecule has 0 N–H and O–H groups in total. The van der Waals surface area contributed by atoms with Crippen molar-refractivity contribution in [3.05, 3.63) is 98.1 Å². The molecule has 0 unspecified atom stereocenters. The van der Waals surface area contributed by atoms with Gasteiger partial charge < -0.3 is 9.47 Å². The van der Waals surface area contributed by atoms with Gasteiger partial charge in [-0.1, -0.05) is 47.5 Å². The number of halogens is 3. The van der Waals surface area contributed by atoms with E-state index < -0.39 is 5.82 Å². The summed E-state index contributed by atoms with van der Waals surface area (Å²) in [5.74, 6) is -0.00268. The third-order valence-electron chi connectivity index (χ3n) is 5.13. The van der Waals surface area contributed by atoms with E-state index in [0.717, 1.165) is 17.3 Å². The maximum absolute atomic E-state index is 14.1. The normalized spacial score (nSPS) is 14.6. The lowest BCUT2D eigenvalue weighted by atomic mass is 10.1. The fourth-order valence-corrected chi connectivity index (χ4v) is 4.56. The topological polar surface area (TPSA) is 55.8 Å². The first kappa shape index (κ1) is 25.1. The van der Waals surface area contributed by atoms with E-state index in [0.29, 0.717) is 33.6 Å². The highest BCUT2D eigenvalue weighted by molar-refractivity contribution is 8.18. The Morgan fingerprint density at radius 3 is 2.49 bits per heavy atom. The van der Waals surface area contributed by atoms with E-state index in [1.165, 1.54) is 17.0 Å². The number of rotatable bonds is 8. The zero-order chi connectivity index (χ0) is 24.9. The number of nitrogens with zero attached hydrogens (tertiary/aromatic N) is 1. The molecule has 3 aromatic carbocycles. The number of carbonyl (C=O) groups excluding carboxylic acids is 2. The largest absolute Gasteiger partial charge is 0.490 e. The standard InChI is InChI=1S/C26H20Cl2FNO4S/c1-2-33-23-12-17(8-11-22(23)34-15-19-20(28)4-3-5-21(19)29)13-24-25(31)30(26(32)35-24)14-16-6-9-18(27)10-7-16/h3-13H,2,14-15H2,1H3/b24-13-. The average Bonchev–Trinajstić information content (AvgIpc) is 3.08. The molecule has 180 valence electrons. The van der Waals surface area contributed by atoms with Gasteiger partial charge in [0.05, 0.1) is 23.1 Å². The van der Waals surface area contributed by atoms with Crippen LogP contribution in [-0.4, -0.2) is 22.7 Å². The molecule has 4 rings (SSSR count). The highest BCUT2D eigenvalue weighted by Crippen LogP contribution is 2.36. The molecule has 1 saturated heterocycles. The van der Waals surface area contributed by atoms with Gasteiger partial charge in [-0.05, 0) is 72.3 Å². The lowest BCUT2D eigenvalue weighted by molar-refractivity contribution is -0.123. The van der Waals surface area contributed by atoms with Crippen LogP contribution in [0.5, 0.6) is 11.5 Å². The van der Waals surface area contributed by atoms with E-state index in [1.54, 1.807) is 54.6 Å². The van der Waals surface area contributed by atoms with E-state index in [1.807, 2.05) is 6.92 Å². The molecule has 2 amide bonds. The predicted molar refractivity (Wildman–Crippen MR) is 136 cm³/mol. The van der Waals surface area contributed by atoms with Gasteiger partial charge in [0, 0.05) is 10.6 Å². The zero-order valence-electron chi connectivity index (χ0n) is 18.6. The minimum Gasteiger partial charge on any atom is -0.490 e. The van der Waals surface area contributed by atoms with Crippen LogP contribution in [-0.2, 0) is 17.9 Å². The first-order chi connectivity index (χ1) is 16.9. The summed E-state index contributed by atoms with van der Waals surface area (Å²) in [7, 11) is 0. The first-order valence-electron chi connectivity index (χ1n) is 10.7. The number of hydrogen-bond acceptors (Lipinski definition) is 5. The van der Waals surface area contributed by atoms with Gasteiger partial charge in [-0.3, -0.25) is 14.5 Å². The Morgan fingerprint density at radius 1 is 1.00 bits per heavy atom. The van der Waals surface area contributed by atoms with Crippen LogP contribution >= 0.6 is 35.0 Å². The molecule has 0 aliphatic carbocycles. The summed E-state index contributed by atoms with van der Waals surface area (Å²) in [5.41, 5.74) is 1.70. The van der Waals surface area contributed by atoms with Crippen molar-refractivity contribution in [2.24, 2.45) is 0 Å². The van der Waals surface area contributed by atoms with Crippen LogP contribution in [0.25, 0.3) is 6.08 Å². The summed E-state index contributed by atoms with van der Waals surface area (Å²) >= 11 is 12.9.